The number of nitrogens with zero attached hydrogens (tertiary/aromatic N) is 3. The minimum atomic E-state index is -4.52. The number of aliphatic hydroxyl groups is 1. The van der Waals surface area contributed by atoms with Gasteiger partial charge in [0.15, 0.2) is 0 Å². The van der Waals surface area contributed by atoms with Crippen LogP contribution in [0.3, 0.4) is 0 Å². The Morgan fingerprint density at radius 3 is 2.31 bits per heavy atom. The molecule has 0 aliphatic heterocycles. The van der Waals surface area contributed by atoms with Crippen LogP contribution in [-0.2, 0) is 22.0 Å². The van der Waals surface area contributed by atoms with Gasteiger partial charge in [0, 0.05) is 23.4 Å². The number of aromatic nitrogens is 3. The number of hydrogen-bond acceptors (Lipinski definition) is 5. The van der Waals surface area contributed by atoms with Gasteiger partial charge in [0.25, 0.3) is 0 Å². The highest BCUT2D eigenvalue weighted by atomic mass is 19.4. The number of fused-ring (bicyclic) bond motifs is 3. The molecule has 0 amide bonds. The molecular weight excluding hydrogens is 509 g/mol. The lowest BCUT2D eigenvalue weighted by molar-refractivity contribution is -0.148. The summed E-state index contributed by atoms with van der Waals surface area (Å²) >= 11 is 0. The minimum Gasteiger partial charge on any atom is -0.481 e. The smallest absolute Gasteiger partial charge is 0.416 e. The zero-order valence-electron chi connectivity index (χ0n) is 21.2. The zero-order chi connectivity index (χ0) is 27.8. The second kappa shape index (κ2) is 8.29. The van der Waals surface area contributed by atoms with Crippen LogP contribution in [-0.4, -0.2) is 30.6 Å². The Bertz CT molecular complexity index is 1600. The summed E-state index contributed by atoms with van der Waals surface area (Å²) in [6, 6.07) is 11.5. The molecule has 2 aliphatic rings. The number of hydrogen-bond donors (Lipinski definition) is 3. The fourth-order valence-electron chi connectivity index (χ4n) is 6.56. The summed E-state index contributed by atoms with van der Waals surface area (Å²) in [5, 5.41) is 21.1. The van der Waals surface area contributed by atoms with Crippen LogP contribution < -0.4 is 5.73 Å². The van der Waals surface area contributed by atoms with Gasteiger partial charge in [-0.3, -0.25) is 9.20 Å². The second-order valence-electron chi connectivity index (χ2n) is 11.1. The number of imidazole rings is 1. The highest BCUT2D eigenvalue weighted by Gasteiger charge is 2.60. The highest BCUT2D eigenvalue weighted by molar-refractivity contribution is 5.86. The van der Waals surface area contributed by atoms with Gasteiger partial charge in [0.1, 0.15) is 28.5 Å². The van der Waals surface area contributed by atoms with Crippen LogP contribution in [0, 0.1) is 5.41 Å². The largest absolute Gasteiger partial charge is 0.481 e. The third-order valence-corrected chi connectivity index (χ3v) is 8.82. The predicted octanol–water partition coefficient (Wildman–Crippen LogP) is 5.54. The van der Waals surface area contributed by atoms with Crippen molar-refractivity contribution < 1.29 is 28.2 Å². The van der Waals surface area contributed by atoms with Crippen molar-refractivity contribution in [2.75, 3.05) is 5.73 Å². The molecule has 2 bridgehead atoms. The summed E-state index contributed by atoms with van der Waals surface area (Å²) in [7, 11) is 0. The van der Waals surface area contributed by atoms with Gasteiger partial charge in [-0.05, 0) is 62.3 Å². The first kappa shape index (κ1) is 25.4. The number of nitrogens with two attached hydrogens (primary N) is 1. The summed E-state index contributed by atoms with van der Waals surface area (Å²) in [6.07, 6.45) is 2.04. The van der Waals surface area contributed by atoms with Crippen LogP contribution >= 0.6 is 0 Å². The Labute approximate surface area is 222 Å². The van der Waals surface area contributed by atoms with Crippen molar-refractivity contribution in [3.05, 3.63) is 83.4 Å². The monoisotopic (exact) mass is 536 g/mol. The fraction of sp³-hybridized carbons (Fsp3) is 0.345. The van der Waals surface area contributed by atoms with Gasteiger partial charge in [-0.15, -0.1) is 0 Å². The normalized spacial score (nSPS) is 24.2. The van der Waals surface area contributed by atoms with Gasteiger partial charge in [0.05, 0.1) is 11.0 Å². The molecule has 10 heteroatoms. The molecule has 4 N–H and O–H groups in total. The third kappa shape index (κ3) is 3.80. The van der Waals surface area contributed by atoms with Crippen LogP contribution in [0.1, 0.15) is 61.5 Å². The first-order valence-electron chi connectivity index (χ1n) is 12.7. The lowest BCUT2D eigenvalue weighted by Crippen LogP contribution is -2.25. The van der Waals surface area contributed by atoms with E-state index in [4.69, 9.17) is 10.7 Å². The number of carboxylic acids is 1. The summed E-state index contributed by atoms with van der Waals surface area (Å²) < 4.78 is 41.7. The predicted molar refractivity (Wildman–Crippen MR) is 138 cm³/mol. The Hall–Kier alpha value is -3.92. The van der Waals surface area contributed by atoms with Gasteiger partial charge >= 0.3 is 12.1 Å². The molecule has 0 saturated heterocycles. The molecule has 202 valence electrons. The van der Waals surface area contributed by atoms with Gasteiger partial charge in [0.2, 0.25) is 0 Å². The Kier molecular flexibility index (Phi) is 5.39. The molecule has 0 radical (unpaired) electrons. The first-order valence-corrected chi connectivity index (χ1v) is 12.7. The van der Waals surface area contributed by atoms with Crippen molar-refractivity contribution in [2.24, 2.45) is 5.41 Å². The number of carboxylic acid groups (broad SMARTS) is 1. The molecule has 39 heavy (non-hydrogen) atoms. The van der Waals surface area contributed by atoms with Crippen LogP contribution in [0.15, 0.2) is 60.9 Å². The summed E-state index contributed by atoms with van der Waals surface area (Å²) in [6.45, 7) is 1.46. The number of benzene rings is 2. The topological polar surface area (TPSA) is 114 Å². The van der Waals surface area contributed by atoms with Crippen LogP contribution in [0.5, 0.6) is 0 Å². The van der Waals surface area contributed by atoms with Crippen LogP contribution in [0.25, 0.3) is 16.8 Å². The zero-order valence-corrected chi connectivity index (χ0v) is 21.2. The molecule has 4 aromatic rings. The maximum Gasteiger partial charge on any atom is 0.416 e. The number of rotatable bonds is 5. The average molecular weight is 537 g/mol. The number of anilines is 1. The van der Waals surface area contributed by atoms with E-state index in [0.29, 0.717) is 41.6 Å². The minimum absolute atomic E-state index is 0.122. The molecule has 0 unspecified atom stereocenters. The van der Waals surface area contributed by atoms with E-state index >= 15 is 0 Å². The molecule has 0 spiro atoms. The summed E-state index contributed by atoms with van der Waals surface area (Å²) in [5.74, 6) is 0.290. The van der Waals surface area contributed by atoms with E-state index in [2.05, 4.69) is 4.98 Å². The standard InChI is InChI=1S/C29H27F3N4O3/c1-26(39,19-3-2-4-20(15-19)29(30,31)32)18-7-5-17(6-8-18)21-22-23(33)34-13-14-36(22)24(35-21)27-9-11-28(16-27,12-10-27)25(37)38/h2-8,13-15,39H,9-12,16H2,1H3,(H2,33,34)(H,37,38)/t26-,27?,28?/m1/s1. The number of carbonyl (C=O) groups is 1. The number of nitrogen functional groups attached to an aromatic ring is 1. The SMILES string of the molecule is C[C@@](O)(c1ccc(-c2nc(C34CCC(C(=O)O)(CC3)C4)n3ccnc(N)c23)cc1)c1cccc(C(F)(F)F)c1. The van der Waals surface area contributed by atoms with E-state index in [9.17, 15) is 28.2 Å². The molecule has 2 saturated carbocycles. The van der Waals surface area contributed by atoms with Crippen molar-refractivity contribution in [1.29, 1.82) is 0 Å². The van der Waals surface area contributed by atoms with Gasteiger partial charge in [-0.25, -0.2) is 9.97 Å². The first-order chi connectivity index (χ1) is 18.4. The highest BCUT2D eigenvalue weighted by Crippen LogP contribution is 2.62. The molecule has 1 atom stereocenters. The molecule has 2 aliphatic carbocycles. The van der Waals surface area contributed by atoms with Gasteiger partial charge in [-0.2, -0.15) is 13.2 Å². The van der Waals surface area contributed by atoms with E-state index in [1.54, 1.807) is 36.7 Å². The molecular formula is C29H27F3N4O3. The Morgan fingerprint density at radius 1 is 1.03 bits per heavy atom. The number of halogens is 3. The van der Waals surface area contributed by atoms with Crippen molar-refractivity contribution in [1.82, 2.24) is 14.4 Å². The van der Waals surface area contributed by atoms with Crippen LogP contribution in [0.2, 0.25) is 0 Å². The molecule has 7 nitrogen and oxygen atoms in total. The molecule has 2 heterocycles. The molecule has 2 aromatic heterocycles. The average Bonchev–Trinajstić information content (AvgIpc) is 3.61. The van der Waals surface area contributed by atoms with Crippen molar-refractivity contribution in [3.63, 3.8) is 0 Å². The quantitative estimate of drug-likeness (QED) is 0.309. The van der Waals surface area contributed by atoms with Crippen molar-refractivity contribution >= 4 is 17.3 Å². The van der Waals surface area contributed by atoms with E-state index < -0.39 is 28.7 Å². The number of alkyl halides is 3. The van der Waals surface area contributed by atoms with Crippen molar-refractivity contribution in [2.45, 2.75) is 56.2 Å². The fourth-order valence-corrected chi connectivity index (χ4v) is 6.56. The summed E-state index contributed by atoms with van der Waals surface area (Å²) in [4.78, 5) is 21.3. The maximum absolute atomic E-state index is 13.3. The van der Waals surface area contributed by atoms with Crippen LogP contribution in [0.4, 0.5) is 19.0 Å². The Morgan fingerprint density at radius 2 is 1.69 bits per heavy atom. The van der Waals surface area contributed by atoms with E-state index in [-0.39, 0.29) is 16.8 Å². The molecule has 2 aromatic carbocycles. The van der Waals surface area contributed by atoms with E-state index in [0.717, 1.165) is 30.8 Å². The third-order valence-electron chi connectivity index (χ3n) is 8.82. The van der Waals surface area contributed by atoms with E-state index in [1.165, 1.54) is 19.1 Å². The molecule has 2 fully saturated rings. The maximum atomic E-state index is 13.3. The lowest BCUT2D eigenvalue weighted by atomic mass is 9.81. The second-order valence-corrected chi connectivity index (χ2v) is 11.1. The van der Waals surface area contributed by atoms with Gasteiger partial charge < -0.3 is 15.9 Å². The molecule has 6 rings (SSSR count). The van der Waals surface area contributed by atoms with Gasteiger partial charge in [-0.1, -0.05) is 36.4 Å². The number of aliphatic carboxylic acids is 1. The lowest BCUT2D eigenvalue weighted by Gasteiger charge is -2.25. The Balaban J connectivity index is 1.40. The van der Waals surface area contributed by atoms with Crippen molar-refractivity contribution in [3.8, 4) is 11.3 Å². The van der Waals surface area contributed by atoms with E-state index in [1.807, 2.05) is 4.40 Å². The summed E-state index contributed by atoms with van der Waals surface area (Å²) in [5.41, 5.74) is 5.12.